The third kappa shape index (κ3) is 7.86. The number of rotatable bonds is 16. The Hall–Kier alpha value is -3.36. The number of hydrogen-bond acceptors (Lipinski definition) is 6. The molecule has 8 heteroatoms. The van der Waals surface area contributed by atoms with E-state index in [-0.39, 0.29) is 45.6 Å². The molecular formula is C32H44N4O4. The third-order valence-corrected chi connectivity index (χ3v) is 7.34. The predicted molar refractivity (Wildman–Crippen MR) is 160 cm³/mol. The maximum Gasteiger partial charge on any atom is 0.241 e. The Labute approximate surface area is 238 Å². The van der Waals surface area contributed by atoms with E-state index in [0.29, 0.717) is 11.4 Å². The Bertz CT molecular complexity index is 1120. The first-order chi connectivity index (χ1) is 19.3. The van der Waals surface area contributed by atoms with E-state index in [1.54, 1.807) is 50.2 Å². The topological polar surface area (TPSA) is 116 Å². The van der Waals surface area contributed by atoms with Gasteiger partial charge >= 0.3 is 0 Å². The second kappa shape index (κ2) is 15.4. The number of unbranched alkanes of at least 4 members (excludes halogenated alkanes) is 6. The molecule has 0 aromatic heterocycles. The van der Waals surface area contributed by atoms with Crippen LogP contribution in [-0.2, 0) is 9.59 Å². The summed E-state index contributed by atoms with van der Waals surface area (Å²) in [7, 11) is 0. The highest BCUT2D eigenvalue weighted by atomic mass is 16.2. The van der Waals surface area contributed by atoms with Crippen molar-refractivity contribution in [3.63, 3.8) is 0 Å². The third-order valence-electron chi connectivity index (χ3n) is 7.34. The summed E-state index contributed by atoms with van der Waals surface area (Å²) in [6.45, 7) is 9.33. The zero-order chi connectivity index (χ0) is 29.1. The van der Waals surface area contributed by atoms with E-state index < -0.39 is 12.1 Å². The highest BCUT2D eigenvalue weighted by Gasteiger charge is 2.34. The molecule has 2 unspecified atom stereocenters. The molecule has 2 aromatic rings. The molecule has 0 aliphatic heterocycles. The van der Waals surface area contributed by atoms with Gasteiger partial charge in [0.2, 0.25) is 11.8 Å². The Kier molecular flexibility index (Phi) is 12.0. The lowest BCUT2D eigenvalue weighted by atomic mass is 9.82. The van der Waals surface area contributed by atoms with Gasteiger partial charge in [0.15, 0.2) is 11.6 Å². The van der Waals surface area contributed by atoms with Crippen molar-refractivity contribution in [3.8, 4) is 0 Å². The number of ketones is 2. The van der Waals surface area contributed by atoms with E-state index in [2.05, 4.69) is 35.1 Å². The molecule has 0 fully saturated rings. The molecule has 3 rings (SSSR count). The number of anilines is 2. The highest BCUT2D eigenvalue weighted by molar-refractivity contribution is 6.32. The maximum atomic E-state index is 13.7. The van der Waals surface area contributed by atoms with Crippen molar-refractivity contribution < 1.29 is 19.2 Å². The lowest BCUT2D eigenvalue weighted by molar-refractivity contribution is -0.118. The average molecular weight is 549 g/mol. The van der Waals surface area contributed by atoms with E-state index in [1.165, 1.54) is 0 Å². The van der Waals surface area contributed by atoms with Gasteiger partial charge in [0.1, 0.15) is 0 Å². The Morgan fingerprint density at radius 2 is 1.02 bits per heavy atom. The first-order valence-corrected chi connectivity index (χ1v) is 14.7. The minimum absolute atomic E-state index is 0.175. The molecule has 216 valence electrons. The van der Waals surface area contributed by atoms with Gasteiger partial charge in [-0.25, -0.2) is 0 Å². The van der Waals surface area contributed by atoms with Crippen molar-refractivity contribution in [3.05, 3.63) is 58.7 Å². The van der Waals surface area contributed by atoms with Crippen LogP contribution in [0.1, 0.15) is 111 Å². The first kappa shape index (κ1) is 31.2. The summed E-state index contributed by atoms with van der Waals surface area (Å²) in [5.41, 5.74) is 1.38. The Morgan fingerprint density at radius 3 is 1.40 bits per heavy atom. The standard InChI is InChI=1S/C32H44N4O4/c1-5-7-9-11-19-33-21(3)31(39)35-25-17-13-15-23-27(25)29(37)24-16-14-18-26(28(24)30(23)38)36-32(40)22(4)34-20-12-10-8-6-2/h13-18,21-22,33-34H,5-12,19-20H2,1-4H3,(H,35,39)(H,36,40). The lowest BCUT2D eigenvalue weighted by Crippen LogP contribution is -2.39. The van der Waals surface area contributed by atoms with Gasteiger partial charge in [-0.05, 0) is 51.9 Å². The number of carbonyl (C=O) groups excluding carboxylic acids is 4. The zero-order valence-electron chi connectivity index (χ0n) is 24.3. The molecule has 0 radical (unpaired) electrons. The van der Waals surface area contributed by atoms with Crippen LogP contribution in [-0.4, -0.2) is 48.6 Å². The van der Waals surface area contributed by atoms with Gasteiger partial charge in [0.05, 0.1) is 34.6 Å². The zero-order valence-corrected chi connectivity index (χ0v) is 24.3. The smallest absolute Gasteiger partial charge is 0.241 e. The molecule has 2 aromatic carbocycles. The van der Waals surface area contributed by atoms with E-state index in [4.69, 9.17) is 0 Å². The largest absolute Gasteiger partial charge is 0.324 e. The number of amides is 2. The first-order valence-electron chi connectivity index (χ1n) is 14.7. The second-order valence-corrected chi connectivity index (χ2v) is 10.6. The van der Waals surface area contributed by atoms with E-state index in [1.807, 2.05) is 0 Å². The molecule has 0 saturated carbocycles. The fraction of sp³-hybridized carbons (Fsp3) is 0.500. The summed E-state index contributed by atoms with van der Waals surface area (Å²) >= 11 is 0. The molecule has 40 heavy (non-hydrogen) atoms. The lowest BCUT2D eigenvalue weighted by Gasteiger charge is -2.24. The van der Waals surface area contributed by atoms with Gasteiger partial charge < -0.3 is 21.3 Å². The molecule has 0 bridgehead atoms. The van der Waals surface area contributed by atoms with Crippen molar-refractivity contribution in [1.82, 2.24) is 10.6 Å². The number of benzene rings is 2. The van der Waals surface area contributed by atoms with Crippen LogP contribution in [0.25, 0.3) is 0 Å². The summed E-state index contributed by atoms with van der Waals surface area (Å²) in [5.74, 6) is -1.27. The summed E-state index contributed by atoms with van der Waals surface area (Å²) in [6.07, 6.45) is 8.81. The Morgan fingerprint density at radius 1 is 0.625 bits per heavy atom. The molecule has 2 amide bonds. The molecule has 0 saturated heterocycles. The van der Waals surface area contributed by atoms with Gasteiger partial charge in [0, 0.05) is 11.1 Å². The molecule has 4 N–H and O–H groups in total. The number of nitrogens with one attached hydrogen (secondary N) is 4. The highest BCUT2D eigenvalue weighted by Crippen LogP contribution is 2.35. The van der Waals surface area contributed by atoms with Gasteiger partial charge in [-0.2, -0.15) is 0 Å². The number of carbonyl (C=O) groups is 4. The normalized spacial score (nSPS) is 13.8. The molecule has 1 aliphatic carbocycles. The average Bonchev–Trinajstić information content (AvgIpc) is 2.95. The van der Waals surface area contributed by atoms with Crippen LogP contribution in [0.4, 0.5) is 11.4 Å². The van der Waals surface area contributed by atoms with Crippen LogP contribution >= 0.6 is 0 Å². The molecule has 1 aliphatic rings. The van der Waals surface area contributed by atoms with E-state index in [0.717, 1.165) is 64.5 Å². The van der Waals surface area contributed by atoms with Crippen LogP contribution < -0.4 is 21.3 Å². The number of fused-ring (bicyclic) bond motifs is 2. The summed E-state index contributed by atoms with van der Waals surface area (Å²) in [6, 6.07) is 8.84. The summed E-state index contributed by atoms with van der Waals surface area (Å²) in [4.78, 5) is 53.1. The van der Waals surface area contributed by atoms with Gasteiger partial charge in [-0.1, -0.05) is 76.6 Å². The monoisotopic (exact) mass is 548 g/mol. The molecule has 0 spiro atoms. The Balaban J connectivity index is 1.73. The summed E-state index contributed by atoms with van der Waals surface area (Å²) < 4.78 is 0. The SMILES string of the molecule is CCCCCCNC(C)C(=O)Nc1cccc2c1C(=O)c1cccc(NC(=O)C(C)NCCCCCC)c1C2=O. The molecule has 2 atom stereocenters. The molecule has 8 nitrogen and oxygen atoms in total. The number of hydrogen-bond donors (Lipinski definition) is 4. The second-order valence-electron chi connectivity index (χ2n) is 10.6. The predicted octanol–water partition coefficient (Wildman–Crippen LogP) is 5.46. The molecular weight excluding hydrogens is 504 g/mol. The fourth-order valence-corrected chi connectivity index (χ4v) is 4.86. The summed E-state index contributed by atoms with van der Waals surface area (Å²) in [5, 5.41) is 12.1. The fourth-order valence-electron chi connectivity index (χ4n) is 4.86. The van der Waals surface area contributed by atoms with E-state index in [9.17, 15) is 19.2 Å². The van der Waals surface area contributed by atoms with E-state index >= 15 is 0 Å². The van der Waals surface area contributed by atoms with Crippen LogP contribution in [0.15, 0.2) is 36.4 Å². The van der Waals surface area contributed by atoms with Crippen LogP contribution in [0.3, 0.4) is 0 Å². The van der Waals surface area contributed by atoms with Crippen molar-refractivity contribution in [2.45, 2.75) is 91.1 Å². The van der Waals surface area contributed by atoms with Crippen molar-refractivity contribution in [2.24, 2.45) is 0 Å². The minimum Gasteiger partial charge on any atom is -0.324 e. The van der Waals surface area contributed by atoms with Crippen LogP contribution in [0, 0.1) is 0 Å². The van der Waals surface area contributed by atoms with Gasteiger partial charge in [-0.3, -0.25) is 19.2 Å². The van der Waals surface area contributed by atoms with Crippen molar-refractivity contribution >= 4 is 34.8 Å². The van der Waals surface area contributed by atoms with Gasteiger partial charge in [0.25, 0.3) is 0 Å². The van der Waals surface area contributed by atoms with Crippen molar-refractivity contribution in [1.29, 1.82) is 0 Å². The minimum atomic E-state index is -0.455. The van der Waals surface area contributed by atoms with Gasteiger partial charge in [-0.15, -0.1) is 0 Å². The quantitative estimate of drug-likeness (QED) is 0.177. The van der Waals surface area contributed by atoms with Crippen molar-refractivity contribution in [2.75, 3.05) is 23.7 Å². The maximum absolute atomic E-state index is 13.7. The van der Waals surface area contributed by atoms with Crippen LogP contribution in [0.5, 0.6) is 0 Å². The van der Waals surface area contributed by atoms with Crippen LogP contribution in [0.2, 0.25) is 0 Å². The molecule has 0 heterocycles.